The predicted octanol–water partition coefficient (Wildman–Crippen LogP) is 1.98. The molecule has 3 atom stereocenters. The van der Waals surface area contributed by atoms with Crippen LogP contribution in [0.25, 0.3) is 0 Å². The molecule has 2 heterocycles. The normalized spacial score (nSPS) is 31.0. The minimum Gasteiger partial charge on any atom is -0.481 e. The fourth-order valence-corrected chi connectivity index (χ4v) is 5.36. The molecule has 0 spiro atoms. The molecule has 2 amide bonds. The zero-order valence-corrected chi connectivity index (χ0v) is 13.8. The Labute approximate surface area is 143 Å². The van der Waals surface area contributed by atoms with Crippen LogP contribution in [0.2, 0.25) is 0 Å². The zero-order chi connectivity index (χ0) is 16.9. The van der Waals surface area contributed by atoms with E-state index in [1.54, 1.807) is 4.90 Å². The van der Waals surface area contributed by atoms with Gasteiger partial charge in [0.05, 0.1) is 11.6 Å². The number of thioether (sulfide) groups is 1. The Morgan fingerprint density at radius 1 is 1.29 bits per heavy atom. The van der Waals surface area contributed by atoms with Gasteiger partial charge in [-0.05, 0) is 37.8 Å². The highest BCUT2D eigenvalue weighted by molar-refractivity contribution is 8.02. The molecule has 1 unspecified atom stereocenters. The molecule has 2 fully saturated rings. The summed E-state index contributed by atoms with van der Waals surface area (Å²) in [5, 5.41) is 12.1. The maximum Gasteiger partial charge on any atom is 0.306 e. The quantitative estimate of drug-likeness (QED) is 0.874. The van der Waals surface area contributed by atoms with Crippen LogP contribution in [0.15, 0.2) is 29.2 Å². The number of benzene rings is 1. The molecule has 7 heteroatoms. The second-order valence-electron chi connectivity index (χ2n) is 6.60. The molecule has 0 radical (unpaired) electrons. The second-order valence-corrected chi connectivity index (χ2v) is 7.92. The van der Waals surface area contributed by atoms with Crippen molar-refractivity contribution >= 4 is 35.2 Å². The zero-order valence-electron chi connectivity index (χ0n) is 13.0. The van der Waals surface area contributed by atoms with E-state index in [-0.39, 0.29) is 23.8 Å². The topological polar surface area (TPSA) is 86.7 Å². The number of hydrogen-bond acceptors (Lipinski definition) is 4. The van der Waals surface area contributed by atoms with Crippen LogP contribution < -0.4 is 10.2 Å². The number of carboxylic acids is 1. The van der Waals surface area contributed by atoms with Crippen molar-refractivity contribution < 1.29 is 19.5 Å². The number of amides is 2. The van der Waals surface area contributed by atoms with Crippen molar-refractivity contribution in [2.24, 2.45) is 5.92 Å². The fourth-order valence-electron chi connectivity index (χ4n) is 3.93. The number of carbonyl (C=O) groups excluding carboxylic acids is 2. The Morgan fingerprint density at radius 3 is 2.83 bits per heavy atom. The highest BCUT2D eigenvalue weighted by Crippen LogP contribution is 2.55. The van der Waals surface area contributed by atoms with E-state index in [4.69, 9.17) is 5.11 Å². The average Bonchev–Trinajstić information content (AvgIpc) is 3.22. The summed E-state index contributed by atoms with van der Waals surface area (Å²) < 4.78 is 0. The number of carboxylic acid groups (broad SMARTS) is 1. The number of rotatable bonds is 3. The van der Waals surface area contributed by atoms with E-state index in [1.165, 1.54) is 11.8 Å². The van der Waals surface area contributed by atoms with Crippen molar-refractivity contribution in [3.8, 4) is 0 Å². The molecule has 0 bridgehead atoms. The molecular weight excluding hydrogens is 328 g/mol. The Balaban J connectivity index is 1.56. The summed E-state index contributed by atoms with van der Waals surface area (Å²) in [6, 6.07) is 7.44. The number of nitrogens with one attached hydrogen (secondary N) is 1. The van der Waals surface area contributed by atoms with E-state index < -0.39 is 10.8 Å². The van der Waals surface area contributed by atoms with E-state index in [1.807, 2.05) is 24.3 Å². The predicted molar refractivity (Wildman–Crippen MR) is 88.7 cm³/mol. The lowest BCUT2D eigenvalue weighted by atomic mass is 10.1. The van der Waals surface area contributed by atoms with Gasteiger partial charge in [-0.15, -0.1) is 0 Å². The summed E-state index contributed by atoms with van der Waals surface area (Å²) in [6.07, 6.45) is 2.56. The molecule has 1 aliphatic carbocycles. The third-order valence-electron chi connectivity index (χ3n) is 5.15. The van der Waals surface area contributed by atoms with Gasteiger partial charge in [0.2, 0.25) is 5.91 Å². The van der Waals surface area contributed by atoms with Gasteiger partial charge in [-0.25, -0.2) is 0 Å². The van der Waals surface area contributed by atoms with Gasteiger partial charge in [0.15, 0.2) is 4.87 Å². The van der Waals surface area contributed by atoms with Gasteiger partial charge in [0.25, 0.3) is 5.91 Å². The summed E-state index contributed by atoms with van der Waals surface area (Å²) in [6.45, 7) is 0. The molecule has 1 saturated heterocycles. The highest BCUT2D eigenvalue weighted by Gasteiger charge is 2.57. The van der Waals surface area contributed by atoms with E-state index in [9.17, 15) is 14.4 Å². The number of nitrogens with zero attached hydrogens (tertiary/aromatic N) is 1. The largest absolute Gasteiger partial charge is 0.481 e. The molecule has 2 aliphatic heterocycles. The van der Waals surface area contributed by atoms with Crippen LogP contribution in [0.4, 0.5) is 5.69 Å². The van der Waals surface area contributed by atoms with Crippen LogP contribution in [-0.2, 0) is 14.4 Å². The lowest BCUT2D eigenvalue weighted by Gasteiger charge is -2.31. The van der Waals surface area contributed by atoms with Crippen LogP contribution in [0.3, 0.4) is 0 Å². The molecule has 2 N–H and O–H groups in total. The minimum atomic E-state index is -0.915. The van der Waals surface area contributed by atoms with Gasteiger partial charge in [-0.2, -0.15) is 0 Å². The summed E-state index contributed by atoms with van der Waals surface area (Å²) in [5.41, 5.74) is 0.801. The maximum atomic E-state index is 13.0. The lowest BCUT2D eigenvalue weighted by Crippen LogP contribution is -2.54. The van der Waals surface area contributed by atoms with Crippen molar-refractivity contribution in [3.63, 3.8) is 0 Å². The monoisotopic (exact) mass is 346 g/mol. The number of para-hydroxylation sites is 1. The highest BCUT2D eigenvalue weighted by atomic mass is 32.2. The Morgan fingerprint density at radius 2 is 2.08 bits per heavy atom. The lowest BCUT2D eigenvalue weighted by molar-refractivity contribution is -0.141. The third kappa shape index (κ3) is 2.22. The first-order chi connectivity index (χ1) is 11.5. The number of carbonyl (C=O) groups is 3. The van der Waals surface area contributed by atoms with E-state index in [0.29, 0.717) is 32.1 Å². The van der Waals surface area contributed by atoms with Gasteiger partial charge >= 0.3 is 5.97 Å². The molecule has 6 nitrogen and oxygen atoms in total. The number of anilines is 1. The van der Waals surface area contributed by atoms with Crippen molar-refractivity contribution in [1.29, 1.82) is 0 Å². The van der Waals surface area contributed by atoms with Crippen LogP contribution in [0.5, 0.6) is 0 Å². The Kier molecular flexibility index (Phi) is 3.56. The molecule has 24 heavy (non-hydrogen) atoms. The van der Waals surface area contributed by atoms with E-state index in [0.717, 1.165) is 10.6 Å². The maximum absolute atomic E-state index is 13.0. The summed E-state index contributed by atoms with van der Waals surface area (Å²) >= 11 is 1.43. The van der Waals surface area contributed by atoms with Crippen molar-refractivity contribution in [1.82, 2.24) is 5.32 Å². The molecule has 1 saturated carbocycles. The second kappa shape index (κ2) is 5.51. The van der Waals surface area contributed by atoms with Crippen molar-refractivity contribution in [3.05, 3.63) is 24.3 Å². The first-order valence-corrected chi connectivity index (χ1v) is 8.98. The summed E-state index contributed by atoms with van der Waals surface area (Å²) in [4.78, 5) is 38.1. The average molecular weight is 346 g/mol. The number of hydrogen-bond donors (Lipinski definition) is 2. The molecule has 0 aromatic heterocycles. The standard InChI is InChI=1S/C17H18N2O4S/c20-14-7-8-17(19(14)12-3-1-2-4-13(12)24-17)16(23)18-11-6-5-10(9-11)15(21)22/h1-4,10-11H,5-9H2,(H,18,23)(H,21,22)/t10-,11+,17?/m1/s1. The van der Waals surface area contributed by atoms with Crippen molar-refractivity contribution in [2.45, 2.75) is 47.9 Å². The SMILES string of the molecule is O=C(O)[C@@H]1CC[C@H](NC(=O)C23CCC(=O)N2c2ccccc2S3)C1. The third-order valence-corrected chi connectivity index (χ3v) is 6.62. The van der Waals surface area contributed by atoms with E-state index >= 15 is 0 Å². The first kappa shape index (κ1) is 15.5. The van der Waals surface area contributed by atoms with Crippen LogP contribution >= 0.6 is 11.8 Å². The Hall–Kier alpha value is -2.02. The molecule has 126 valence electrons. The van der Waals surface area contributed by atoms with Crippen LogP contribution in [-0.4, -0.2) is 33.8 Å². The fraction of sp³-hybridized carbons (Fsp3) is 0.471. The molecular formula is C17H18N2O4S. The van der Waals surface area contributed by atoms with Gasteiger partial charge in [0.1, 0.15) is 0 Å². The van der Waals surface area contributed by atoms with Gasteiger partial charge in [-0.3, -0.25) is 19.3 Å². The van der Waals surface area contributed by atoms with Gasteiger partial charge in [0, 0.05) is 17.4 Å². The van der Waals surface area contributed by atoms with Gasteiger partial charge in [-0.1, -0.05) is 23.9 Å². The summed E-state index contributed by atoms with van der Waals surface area (Å²) in [5.74, 6) is -1.39. The molecule has 1 aromatic rings. The number of aliphatic carboxylic acids is 1. The molecule has 3 aliphatic rings. The summed E-state index contributed by atoms with van der Waals surface area (Å²) in [7, 11) is 0. The Bertz CT molecular complexity index is 737. The molecule has 4 rings (SSSR count). The number of fused-ring (bicyclic) bond motifs is 3. The smallest absolute Gasteiger partial charge is 0.306 e. The van der Waals surface area contributed by atoms with Gasteiger partial charge < -0.3 is 10.4 Å². The van der Waals surface area contributed by atoms with Crippen LogP contribution in [0.1, 0.15) is 32.1 Å². The van der Waals surface area contributed by atoms with Crippen molar-refractivity contribution in [2.75, 3.05) is 4.90 Å². The van der Waals surface area contributed by atoms with E-state index in [2.05, 4.69) is 5.32 Å². The van der Waals surface area contributed by atoms with Crippen LogP contribution in [0, 0.1) is 5.92 Å². The molecule has 1 aromatic carbocycles. The first-order valence-electron chi connectivity index (χ1n) is 8.16. The minimum absolute atomic E-state index is 0.0302.